The van der Waals surface area contributed by atoms with E-state index >= 15 is 0 Å². The highest BCUT2D eigenvalue weighted by Gasteiger charge is 2.76. The SMILES string of the molecule is COC(=O)[C@]1(C)CCC[C@@]2(C)C3=C[C@H](O)[C@]4(C(C)C)O[C@H]4[C@@]3(O)CC[C@@H]12. The highest BCUT2D eigenvalue weighted by Crippen LogP contribution is 2.68. The molecule has 5 nitrogen and oxygen atoms in total. The highest BCUT2D eigenvalue weighted by molar-refractivity contribution is 5.77. The molecule has 5 heteroatoms. The van der Waals surface area contributed by atoms with Crippen molar-refractivity contribution in [1.82, 2.24) is 0 Å². The Morgan fingerprint density at radius 1 is 1.31 bits per heavy atom. The minimum Gasteiger partial charge on any atom is -0.469 e. The van der Waals surface area contributed by atoms with Crippen LogP contribution in [0.1, 0.15) is 59.8 Å². The minimum absolute atomic E-state index is 0.0974. The second kappa shape index (κ2) is 5.33. The Morgan fingerprint density at radius 2 is 2.00 bits per heavy atom. The van der Waals surface area contributed by atoms with Crippen molar-refractivity contribution >= 4 is 5.97 Å². The van der Waals surface area contributed by atoms with Crippen LogP contribution in [0.3, 0.4) is 0 Å². The fraction of sp³-hybridized carbons (Fsp3) is 0.857. The van der Waals surface area contributed by atoms with Gasteiger partial charge >= 0.3 is 5.97 Å². The molecule has 0 aromatic carbocycles. The van der Waals surface area contributed by atoms with E-state index in [0.29, 0.717) is 6.42 Å². The number of aliphatic hydroxyl groups is 2. The number of carbonyl (C=O) groups is 1. The molecule has 1 heterocycles. The highest BCUT2D eigenvalue weighted by atomic mass is 16.6. The molecule has 0 spiro atoms. The van der Waals surface area contributed by atoms with Gasteiger partial charge in [-0.25, -0.2) is 0 Å². The van der Waals surface area contributed by atoms with Gasteiger partial charge < -0.3 is 19.7 Å². The average Bonchev–Trinajstić information content (AvgIpc) is 3.35. The fourth-order valence-electron chi connectivity index (χ4n) is 6.85. The number of rotatable bonds is 2. The quantitative estimate of drug-likeness (QED) is 0.447. The van der Waals surface area contributed by atoms with Crippen LogP contribution in [-0.4, -0.2) is 46.7 Å². The second-order valence-corrected chi connectivity index (χ2v) is 9.73. The number of hydrogen-bond acceptors (Lipinski definition) is 5. The number of esters is 1. The van der Waals surface area contributed by atoms with Gasteiger partial charge in [-0.3, -0.25) is 4.79 Å². The molecule has 1 aliphatic heterocycles. The average molecular weight is 364 g/mol. The summed E-state index contributed by atoms with van der Waals surface area (Å²) in [6.07, 6.45) is 4.74. The summed E-state index contributed by atoms with van der Waals surface area (Å²) in [5.74, 6) is 0.0665. The monoisotopic (exact) mass is 364 g/mol. The van der Waals surface area contributed by atoms with Gasteiger partial charge in [-0.05, 0) is 55.4 Å². The maximum atomic E-state index is 12.6. The third kappa shape index (κ3) is 1.95. The van der Waals surface area contributed by atoms with Crippen LogP contribution in [0.15, 0.2) is 11.6 Å². The van der Waals surface area contributed by atoms with Crippen molar-refractivity contribution in [3.8, 4) is 0 Å². The molecule has 0 radical (unpaired) electrons. The zero-order valence-corrected chi connectivity index (χ0v) is 16.5. The Labute approximate surface area is 155 Å². The summed E-state index contributed by atoms with van der Waals surface area (Å²) < 4.78 is 11.2. The summed E-state index contributed by atoms with van der Waals surface area (Å²) in [6.45, 7) is 8.24. The van der Waals surface area contributed by atoms with Crippen molar-refractivity contribution in [3.63, 3.8) is 0 Å². The Kier molecular flexibility index (Phi) is 3.78. The molecule has 26 heavy (non-hydrogen) atoms. The van der Waals surface area contributed by atoms with E-state index in [-0.39, 0.29) is 29.3 Å². The summed E-state index contributed by atoms with van der Waals surface area (Å²) in [6, 6.07) is 0. The lowest BCUT2D eigenvalue weighted by atomic mass is 9.45. The number of aliphatic hydroxyl groups excluding tert-OH is 1. The van der Waals surface area contributed by atoms with Gasteiger partial charge in [-0.15, -0.1) is 0 Å². The van der Waals surface area contributed by atoms with E-state index < -0.39 is 22.7 Å². The van der Waals surface area contributed by atoms with E-state index in [1.807, 2.05) is 26.8 Å². The zero-order valence-electron chi connectivity index (χ0n) is 16.5. The topological polar surface area (TPSA) is 79.3 Å². The summed E-state index contributed by atoms with van der Waals surface area (Å²) in [7, 11) is 1.46. The number of carbonyl (C=O) groups excluding carboxylic acids is 1. The predicted octanol–water partition coefficient (Wildman–Crippen LogP) is 2.59. The van der Waals surface area contributed by atoms with E-state index in [1.54, 1.807) is 0 Å². The molecule has 0 unspecified atom stereocenters. The van der Waals surface area contributed by atoms with Crippen molar-refractivity contribution in [3.05, 3.63) is 11.6 Å². The lowest BCUT2D eigenvalue weighted by molar-refractivity contribution is -0.167. The van der Waals surface area contributed by atoms with Gasteiger partial charge in [0.25, 0.3) is 0 Å². The first-order valence-corrected chi connectivity index (χ1v) is 9.97. The number of fused-ring (bicyclic) bond motifs is 5. The summed E-state index contributed by atoms with van der Waals surface area (Å²) in [5, 5.41) is 22.6. The fourth-order valence-corrected chi connectivity index (χ4v) is 6.85. The smallest absolute Gasteiger partial charge is 0.311 e. The largest absolute Gasteiger partial charge is 0.469 e. The van der Waals surface area contributed by atoms with Crippen LogP contribution in [0, 0.1) is 22.7 Å². The van der Waals surface area contributed by atoms with Gasteiger partial charge in [-0.2, -0.15) is 0 Å². The molecule has 0 aromatic heterocycles. The zero-order chi connectivity index (χ0) is 19.1. The molecule has 2 N–H and O–H groups in total. The molecule has 1 saturated heterocycles. The van der Waals surface area contributed by atoms with Gasteiger partial charge in [0.1, 0.15) is 23.4 Å². The molecular formula is C21H32O5. The maximum Gasteiger partial charge on any atom is 0.311 e. The van der Waals surface area contributed by atoms with Crippen LogP contribution in [-0.2, 0) is 14.3 Å². The third-order valence-corrected chi connectivity index (χ3v) is 8.28. The second-order valence-electron chi connectivity index (χ2n) is 9.73. The molecule has 3 fully saturated rings. The molecule has 146 valence electrons. The standard InChI is InChI=1S/C21H32O5/c1-12(2)21-15(22)11-14-18(3)8-6-9-19(4,17(23)25-5)13(18)7-10-20(14,24)16(21)26-21/h11-13,15-16,22,24H,6-10H2,1-5H3/t13-,15+,16+,18-,19-,20-,21+/m1/s1. The van der Waals surface area contributed by atoms with Crippen molar-refractivity contribution < 1.29 is 24.5 Å². The molecule has 0 amide bonds. The van der Waals surface area contributed by atoms with Crippen LogP contribution in [0.25, 0.3) is 0 Å². The Bertz CT molecular complexity index is 671. The molecule has 4 rings (SSSR count). The van der Waals surface area contributed by atoms with E-state index in [1.165, 1.54) is 7.11 Å². The number of hydrogen-bond donors (Lipinski definition) is 2. The summed E-state index contributed by atoms with van der Waals surface area (Å²) in [5.41, 5.74) is -1.69. The van der Waals surface area contributed by atoms with Crippen LogP contribution >= 0.6 is 0 Å². The van der Waals surface area contributed by atoms with E-state index in [2.05, 4.69) is 6.92 Å². The van der Waals surface area contributed by atoms with Crippen LogP contribution in [0.5, 0.6) is 0 Å². The van der Waals surface area contributed by atoms with Gasteiger partial charge in [0.15, 0.2) is 0 Å². The molecular weight excluding hydrogens is 332 g/mol. The first-order valence-electron chi connectivity index (χ1n) is 9.97. The predicted molar refractivity (Wildman–Crippen MR) is 96.3 cm³/mol. The number of methoxy groups -OCH3 is 1. The normalized spacial score (nSPS) is 52.5. The molecule has 7 atom stereocenters. The minimum atomic E-state index is -1.04. The van der Waals surface area contributed by atoms with Crippen molar-refractivity contribution in [2.45, 2.75) is 83.2 Å². The first kappa shape index (κ1) is 18.5. The van der Waals surface area contributed by atoms with Crippen molar-refractivity contribution in [2.24, 2.45) is 22.7 Å². The van der Waals surface area contributed by atoms with Gasteiger partial charge in [0.2, 0.25) is 0 Å². The summed E-state index contributed by atoms with van der Waals surface area (Å²) in [4.78, 5) is 12.6. The number of epoxide rings is 1. The first-order chi connectivity index (χ1) is 12.1. The van der Waals surface area contributed by atoms with E-state index in [0.717, 1.165) is 31.3 Å². The third-order valence-electron chi connectivity index (χ3n) is 8.28. The van der Waals surface area contributed by atoms with Gasteiger partial charge in [0.05, 0.1) is 12.5 Å². The van der Waals surface area contributed by atoms with Crippen molar-refractivity contribution in [1.29, 1.82) is 0 Å². The molecule has 4 aliphatic rings. The van der Waals surface area contributed by atoms with Crippen LogP contribution in [0.4, 0.5) is 0 Å². The molecule has 2 saturated carbocycles. The number of ether oxygens (including phenoxy) is 2. The Hall–Kier alpha value is -0.910. The lowest BCUT2D eigenvalue weighted by Crippen LogP contribution is -2.61. The lowest BCUT2D eigenvalue weighted by Gasteiger charge is -2.59. The van der Waals surface area contributed by atoms with Gasteiger partial charge in [0, 0.05) is 0 Å². The van der Waals surface area contributed by atoms with Crippen LogP contribution in [0.2, 0.25) is 0 Å². The maximum absolute atomic E-state index is 12.6. The summed E-state index contributed by atoms with van der Waals surface area (Å²) >= 11 is 0. The van der Waals surface area contributed by atoms with Crippen molar-refractivity contribution in [2.75, 3.05) is 7.11 Å². The Morgan fingerprint density at radius 3 is 2.62 bits per heavy atom. The molecule has 0 bridgehead atoms. The molecule has 0 aromatic rings. The van der Waals surface area contributed by atoms with E-state index in [4.69, 9.17) is 9.47 Å². The van der Waals surface area contributed by atoms with Crippen LogP contribution < -0.4 is 0 Å². The van der Waals surface area contributed by atoms with E-state index in [9.17, 15) is 15.0 Å². The van der Waals surface area contributed by atoms with Gasteiger partial charge in [-0.1, -0.05) is 33.3 Å². The molecule has 3 aliphatic carbocycles. The Balaban J connectivity index is 1.79.